The Labute approximate surface area is 123 Å². The van der Waals surface area contributed by atoms with E-state index in [0.29, 0.717) is 6.04 Å². The average Bonchev–Trinajstić information content (AvgIpc) is 2.98. The number of likely N-dealkylation sites (tertiary alicyclic amines) is 1. The SMILES string of the molecule is CCNC(c1cncc(C)c1)C(C)(CC)N1CCCC1. The Bertz CT molecular complexity index is 426. The van der Waals surface area contributed by atoms with Crippen LogP contribution in [0.25, 0.3) is 0 Å². The van der Waals surface area contributed by atoms with E-state index in [0.717, 1.165) is 13.0 Å². The van der Waals surface area contributed by atoms with Gasteiger partial charge in [-0.1, -0.05) is 19.9 Å². The van der Waals surface area contributed by atoms with Gasteiger partial charge in [0.1, 0.15) is 0 Å². The molecule has 2 rings (SSSR count). The number of hydrogen-bond donors (Lipinski definition) is 1. The van der Waals surface area contributed by atoms with Crippen molar-refractivity contribution in [3.05, 3.63) is 29.6 Å². The zero-order chi connectivity index (χ0) is 14.6. The molecule has 1 aliphatic heterocycles. The van der Waals surface area contributed by atoms with Crippen LogP contribution in [0.1, 0.15) is 57.2 Å². The van der Waals surface area contributed by atoms with Gasteiger partial charge in [0.25, 0.3) is 0 Å². The van der Waals surface area contributed by atoms with Gasteiger partial charge >= 0.3 is 0 Å². The maximum Gasteiger partial charge on any atom is 0.0519 e. The van der Waals surface area contributed by atoms with E-state index in [-0.39, 0.29) is 5.54 Å². The van der Waals surface area contributed by atoms with Crippen LogP contribution in [0.4, 0.5) is 0 Å². The van der Waals surface area contributed by atoms with Gasteiger partial charge in [0, 0.05) is 17.9 Å². The van der Waals surface area contributed by atoms with Crippen LogP contribution in [0.5, 0.6) is 0 Å². The summed E-state index contributed by atoms with van der Waals surface area (Å²) in [5.74, 6) is 0. The Hall–Kier alpha value is -0.930. The molecule has 0 aliphatic carbocycles. The van der Waals surface area contributed by atoms with E-state index in [4.69, 9.17) is 0 Å². The fraction of sp³-hybridized carbons (Fsp3) is 0.706. The molecule has 1 saturated heterocycles. The van der Waals surface area contributed by atoms with Gasteiger partial charge in [-0.05, 0) is 63.9 Å². The molecule has 1 fully saturated rings. The third-order valence-electron chi connectivity index (χ3n) is 4.80. The molecular formula is C17H29N3. The molecule has 1 aromatic rings. The van der Waals surface area contributed by atoms with Gasteiger partial charge in [0.2, 0.25) is 0 Å². The molecule has 0 saturated carbocycles. The number of pyridine rings is 1. The second kappa shape index (κ2) is 6.68. The summed E-state index contributed by atoms with van der Waals surface area (Å²) in [7, 11) is 0. The molecule has 1 N–H and O–H groups in total. The lowest BCUT2D eigenvalue weighted by molar-refractivity contribution is 0.0845. The Kier molecular flexibility index (Phi) is 5.17. The summed E-state index contributed by atoms with van der Waals surface area (Å²) in [5.41, 5.74) is 2.73. The molecule has 112 valence electrons. The number of hydrogen-bond acceptors (Lipinski definition) is 3. The molecule has 1 aromatic heterocycles. The monoisotopic (exact) mass is 275 g/mol. The highest BCUT2D eigenvalue weighted by atomic mass is 15.2. The maximum atomic E-state index is 4.40. The quantitative estimate of drug-likeness (QED) is 0.863. The van der Waals surface area contributed by atoms with Crippen LogP contribution >= 0.6 is 0 Å². The van der Waals surface area contributed by atoms with Crippen LogP contribution in [0, 0.1) is 6.92 Å². The molecule has 2 unspecified atom stereocenters. The molecule has 0 amide bonds. The number of rotatable bonds is 6. The smallest absolute Gasteiger partial charge is 0.0519 e. The third-order valence-corrected chi connectivity index (χ3v) is 4.80. The zero-order valence-electron chi connectivity index (χ0n) is 13.4. The first kappa shape index (κ1) is 15.5. The molecule has 3 heteroatoms. The van der Waals surface area contributed by atoms with Crippen molar-refractivity contribution < 1.29 is 0 Å². The highest BCUT2D eigenvalue weighted by molar-refractivity contribution is 5.24. The van der Waals surface area contributed by atoms with Gasteiger partial charge in [-0.25, -0.2) is 0 Å². The summed E-state index contributed by atoms with van der Waals surface area (Å²) in [5, 5.41) is 3.71. The third kappa shape index (κ3) is 3.04. The first-order valence-corrected chi connectivity index (χ1v) is 8.01. The topological polar surface area (TPSA) is 28.2 Å². The Morgan fingerprint density at radius 1 is 1.30 bits per heavy atom. The van der Waals surface area contributed by atoms with Crippen molar-refractivity contribution in [3.8, 4) is 0 Å². The van der Waals surface area contributed by atoms with Crippen molar-refractivity contribution in [2.45, 2.75) is 58.5 Å². The first-order valence-electron chi connectivity index (χ1n) is 8.01. The van der Waals surface area contributed by atoms with Gasteiger partial charge in [0.05, 0.1) is 6.04 Å². The number of aromatic nitrogens is 1. The molecule has 3 nitrogen and oxygen atoms in total. The molecule has 20 heavy (non-hydrogen) atoms. The summed E-state index contributed by atoms with van der Waals surface area (Å²) >= 11 is 0. The fourth-order valence-corrected chi connectivity index (χ4v) is 3.48. The van der Waals surface area contributed by atoms with Crippen LogP contribution in [0.15, 0.2) is 18.5 Å². The lowest BCUT2D eigenvalue weighted by atomic mass is 9.83. The maximum absolute atomic E-state index is 4.40. The van der Waals surface area contributed by atoms with E-state index in [1.165, 1.54) is 37.1 Å². The van der Waals surface area contributed by atoms with Crippen molar-refractivity contribution in [1.29, 1.82) is 0 Å². The molecule has 0 aromatic carbocycles. The van der Waals surface area contributed by atoms with Gasteiger partial charge in [-0.15, -0.1) is 0 Å². The van der Waals surface area contributed by atoms with E-state index in [1.54, 1.807) is 0 Å². The second-order valence-electron chi connectivity index (χ2n) is 6.19. The number of aryl methyl sites for hydroxylation is 1. The van der Waals surface area contributed by atoms with Gasteiger partial charge < -0.3 is 5.32 Å². The second-order valence-corrected chi connectivity index (χ2v) is 6.19. The van der Waals surface area contributed by atoms with E-state index in [9.17, 15) is 0 Å². The van der Waals surface area contributed by atoms with Crippen LogP contribution < -0.4 is 5.32 Å². The summed E-state index contributed by atoms with van der Waals surface area (Å²) in [4.78, 5) is 7.07. The Morgan fingerprint density at radius 2 is 2.00 bits per heavy atom. The van der Waals surface area contributed by atoms with Crippen molar-refractivity contribution in [3.63, 3.8) is 0 Å². The minimum atomic E-state index is 0.169. The van der Waals surface area contributed by atoms with Crippen LogP contribution in [-0.4, -0.2) is 35.1 Å². The standard InChI is InChI=1S/C17H29N3/c1-5-17(4,20-9-7-8-10-20)16(19-6-2)15-11-14(3)12-18-13-15/h11-13,16,19H,5-10H2,1-4H3. The zero-order valence-corrected chi connectivity index (χ0v) is 13.4. The normalized spacial score (nSPS) is 20.8. The highest BCUT2D eigenvalue weighted by Gasteiger charge is 2.39. The summed E-state index contributed by atoms with van der Waals surface area (Å²) in [6.07, 6.45) is 7.79. The van der Waals surface area contributed by atoms with E-state index < -0.39 is 0 Å². The highest BCUT2D eigenvalue weighted by Crippen LogP contribution is 2.36. The summed E-state index contributed by atoms with van der Waals surface area (Å²) < 4.78 is 0. The number of nitrogens with zero attached hydrogens (tertiary/aromatic N) is 2. The van der Waals surface area contributed by atoms with Gasteiger partial charge in [-0.2, -0.15) is 0 Å². The molecule has 2 heterocycles. The molecule has 1 aliphatic rings. The predicted molar refractivity (Wildman–Crippen MR) is 84.9 cm³/mol. The molecular weight excluding hydrogens is 246 g/mol. The lowest BCUT2D eigenvalue weighted by Gasteiger charge is -2.45. The summed E-state index contributed by atoms with van der Waals surface area (Å²) in [6.45, 7) is 12.5. The molecule has 2 atom stereocenters. The number of likely N-dealkylation sites (N-methyl/N-ethyl adjacent to an activating group) is 1. The van der Waals surface area contributed by atoms with Crippen LogP contribution in [0.3, 0.4) is 0 Å². The summed E-state index contributed by atoms with van der Waals surface area (Å²) in [6, 6.07) is 2.63. The Morgan fingerprint density at radius 3 is 2.55 bits per heavy atom. The Balaban J connectivity index is 2.34. The van der Waals surface area contributed by atoms with Gasteiger partial charge in [-0.3, -0.25) is 9.88 Å². The van der Waals surface area contributed by atoms with Gasteiger partial charge in [0.15, 0.2) is 0 Å². The van der Waals surface area contributed by atoms with E-state index in [1.807, 2.05) is 12.4 Å². The van der Waals surface area contributed by atoms with Crippen molar-refractivity contribution in [2.24, 2.45) is 0 Å². The van der Waals surface area contributed by atoms with Crippen LogP contribution in [0.2, 0.25) is 0 Å². The van der Waals surface area contributed by atoms with E-state index in [2.05, 4.69) is 49.0 Å². The van der Waals surface area contributed by atoms with Crippen LogP contribution in [-0.2, 0) is 0 Å². The molecule has 0 radical (unpaired) electrons. The van der Waals surface area contributed by atoms with Crippen molar-refractivity contribution in [1.82, 2.24) is 15.2 Å². The largest absolute Gasteiger partial charge is 0.309 e. The lowest BCUT2D eigenvalue weighted by Crippen LogP contribution is -2.53. The first-order chi connectivity index (χ1) is 9.61. The minimum absolute atomic E-state index is 0.169. The molecule has 0 spiro atoms. The van der Waals surface area contributed by atoms with Crippen molar-refractivity contribution in [2.75, 3.05) is 19.6 Å². The average molecular weight is 275 g/mol. The predicted octanol–water partition coefficient (Wildman–Crippen LogP) is 3.31. The number of nitrogens with one attached hydrogen (secondary N) is 1. The fourth-order valence-electron chi connectivity index (χ4n) is 3.48. The minimum Gasteiger partial charge on any atom is -0.309 e. The molecule has 0 bridgehead atoms. The van der Waals surface area contributed by atoms with Crippen molar-refractivity contribution >= 4 is 0 Å². The van der Waals surface area contributed by atoms with E-state index >= 15 is 0 Å².